The van der Waals surface area contributed by atoms with Crippen molar-refractivity contribution in [3.63, 3.8) is 0 Å². The number of aliphatic hydroxyl groups is 2. The molecule has 1 aromatic heterocycles. The molecule has 2 heterocycles. The number of nitrogens with one attached hydrogen (secondary N) is 1. The summed E-state index contributed by atoms with van der Waals surface area (Å²) in [6.45, 7) is 16.4. The van der Waals surface area contributed by atoms with Crippen LogP contribution in [0.15, 0.2) is 22.6 Å². The van der Waals surface area contributed by atoms with Gasteiger partial charge in [-0.15, -0.1) is 11.3 Å². The van der Waals surface area contributed by atoms with Crippen molar-refractivity contribution in [3.8, 4) is 0 Å². The minimum atomic E-state index is -1.27. The average Bonchev–Trinajstić information content (AvgIpc) is 3.33. The van der Waals surface area contributed by atoms with E-state index in [1.807, 2.05) is 32.2 Å². The van der Waals surface area contributed by atoms with E-state index < -0.39 is 47.3 Å². The highest BCUT2D eigenvalue weighted by molar-refractivity contribution is 7.09. The summed E-state index contributed by atoms with van der Waals surface area (Å²) in [5, 5.41) is 27.0. The molecule has 9 nitrogen and oxygen atoms in total. The molecule has 1 aliphatic heterocycles. The van der Waals surface area contributed by atoms with Crippen molar-refractivity contribution in [2.45, 2.75) is 125 Å². The lowest BCUT2D eigenvalue weighted by Gasteiger charge is -2.34. The Morgan fingerprint density at radius 1 is 1.26 bits per heavy atom. The number of hydrogen-bond donors (Lipinski definition) is 3. The quantitative estimate of drug-likeness (QED) is 0.281. The maximum atomic E-state index is 13.3. The summed E-state index contributed by atoms with van der Waals surface area (Å²) in [6.07, 6.45) is 3.26. The SMILES string of the molecule is C/C1=C/C[C@@H](/C(C)=C/c2csc(CNC(=O)OC(C)(C)C)n2)OC(=O)C[C@H](O)C(C)(C)C(=O)[C@H](C)[C@@H](O)[C@@H](C)CCC1. The maximum absolute atomic E-state index is 13.3. The van der Waals surface area contributed by atoms with Gasteiger partial charge in [0.05, 0.1) is 36.3 Å². The van der Waals surface area contributed by atoms with Gasteiger partial charge in [0.2, 0.25) is 0 Å². The standard InChI is InChI=1S/C32H50N2O7S/c1-19-11-10-12-20(2)28(37)22(4)29(38)32(8,9)25(35)16-27(36)40-24(14-13-19)21(3)15-23-18-42-26(34-23)17-33-30(39)41-31(5,6)7/h13,15,18,20,22,24-25,28,35,37H,10-12,14,16-17H2,1-9H3,(H,33,39)/b19-13-,21-15+/t20-,22+,24-,25-,28-/m0/s1. The second kappa shape index (κ2) is 15.3. The topological polar surface area (TPSA) is 135 Å². The fraction of sp³-hybridized carbons (Fsp3) is 0.688. The van der Waals surface area contributed by atoms with Crippen LogP contribution >= 0.6 is 11.3 Å². The Bertz CT molecular complexity index is 1150. The third-order valence-corrected chi connectivity index (χ3v) is 8.62. The molecule has 0 unspecified atom stereocenters. The van der Waals surface area contributed by atoms with Gasteiger partial charge in [0, 0.05) is 17.7 Å². The molecule has 0 aromatic carbocycles. The molecule has 0 saturated heterocycles. The number of allylic oxidation sites excluding steroid dienone is 1. The summed E-state index contributed by atoms with van der Waals surface area (Å²) in [5.74, 6) is -1.65. The molecule has 1 aliphatic rings. The van der Waals surface area contributed by atoms with Gasteiger partial charge in [0.1, 0.15) is 22.5 Å². The summed E-state index contributed by atoms with van der Waals surface area (Å²) in [6, 6.07) is 0. The van der Waals surface area contributed by atoms with Crippen molar-refractivity contribution < 1.29 is 34.1 Å². The van der Waals surface area contributed by atoms with Gasteiger partial charge in [-0.2, -0.15) is 0 Å². The maximum Gasteiger partial charge on any atom is 0.408 e. The van der Waals surface area contributed by atoms with E-state index in [-0.39, 0.29) is 24.7 Å². The number of ether oxygens (including phenoxy) is 2. The Balaban J connectivity index is 2.24. The van der Waals surface area contributed by atoms with Crippen molar-refractivity contribution in [3.05, 3.63) is 33.3 Å². The highest BCUT2D eigenvalue weighted by Crippen LogP contribution is 2.32. The molecule has 2 rings (SSSR count). The Morgan fingerprint density at radius 2 is 1.93 bits per heavy atom. The van der Waals surface area contributed by atoms with Gasteiger partial charge in [-0.05, 0) is 71.4 Å². The molecule has 1 amide bonds. The van der Waals surface area contributed by atoms with Crippen LogP contribution < -0.4 is 5.32 Å². The summed E-state index contributed by atoms with van der Waals surface area (Å²) in [7, 11) is 0. The number of ketones is 1. The molecule has 0 fully saturated rings. The smallest absolute Gasteiger partial charge is 0.408 e. The predicted molar refractivity (Wildman–Crippen MR) is 165 cm³/mol. The normalized spacial score (nSPS) is 28.4. The zero-order valence-corrected chi connectivity index (χ0v) is 27.5. The molecule has 0 aliphatic carbocycles. The number of hydrogen-bond acceptors (Lipinski definition) is 9. The third-order valence-electron chi connectivity index (χ3n) is 7.76. The van der Waals surface area contributed by atoms with Gasteiger partial charge >= 0.3 is 12.1 Å². The van der Waals surface area contributed by atoms with Crippen molar-refractivity contribution >= 4 is 35.3 Å². The van der Waals surface area contributed by atoms with Crippen molar-refractivity contribution in [2.75, 3.05) is 0 Å². The average molecular weight is 607 g/mol. The first-order valence-electron chi connectivity index (χ1n) is 14.8. The number of carbonyl (C=O) groups is 3. The van der Waals surface area contributed by atoms with E-state index in [0.29, 0.717) is 17.1 Å². The number of thiazole rings is 1. The molecule has 42 heavy (non-hydrogen) atoms. The van der Waals surface area contributed by atoms with Crippen LogP contribution in [0.4, 0.5) is 4.79 Å². The van der Waals surface area contributed by atoms with E-state index in [1.165, 1.54) is 11.3 Å². The van der Waals surface area contributed by atoms with Gasteiger partial charge in [-0.1, -0.05) is 39.3 Å². The number of carbonyl (C=O) groups excluding carboxylic acids is 3. The van der Waals surface area contributed by atoms with Gasteiger partial charge < -0.3 is 25.0 Å². The Kier molecular flexibility index (Phi) is 12.9. The number of amides is 1. The fourth-order valence-corrected chi connectivity index (χ4v) is 5.58. The highest BCUT2D eigenvalue weighted by Gasteiger charge is 2.42. The molecule has 0 saturated carbocycles. The second-order valence-corrected chi connectivity index (χ2v) is 14.1. The number of alkyl carbamates (subject to hydrolysis) is 1. The zero-order chi connectivity index (χ0) is 31.8. The molecular weight excluding hydrogens is 556 g/mol. The minimum Gasteiger partial charge on any atom is -0.457 e. The number of aliphatic hydroxyl groups excluding tert-OH is 2. The molecule has 0 bridgehead atoms. The first-order chi connectivity index (χ1) is 19.4. The van der Waals surface area contributed by atoms with Crippen LogP contribution in [0.5, 0.6) is 0 Å². The highest BCUT2D eigenvalue weighted by atomic mass is 32.1. The first-order valence-corrected chi connectivity index (χ1v) is 15.6. The van der Waals surface area contributed by atoms with Crippen molar-refractivity contribution in [1.29, 1.82) is 0 Å². The van der Waals surface area contributed by atoms with E-state index in [1.54, 1.807) is 41.5 Å². The lowest BCUT2D eigenvalue weighted by atomic mass is 9.73. The summed E-state index contributed by atoms with van der Waals surface area (Å²) >= 11 is 1.40. The van der Waals surface area contributed by atoms with E-state index in [2.05, 4.69) is 16.4 Å². The zero-order valence-electron chi connectivity index (χ0n) is 26.7. The Morgan fingerprint density at radius 3 is 2.57 bits per heavy atom. The van der Waals surface area contributed by atoms with Crippen LogP contribution in [0.25, 0.3) is 6.08 Å². The molecule has 0 radical (unpaired) electrons. The number of aromatic nitrogens is 1. The predicted octanol–water partition coefficient (Wildman–Crippen LogP) is 5.98. The fourth-order valence-electron chi connectivity index (χ4n) is 4.89. The third kappa shape index (κ3) is 10.9. The Labute approximate surface area is 254 Å². The van der Waals surface area contributed by atoms with Crippen molar-refractivity contribution in [1.82, 2.24) is 10.3 Å². The minimum absolute atomic E-state index is 0.0807. The summed E-state index contributed by atoms with van der Waals surface area (Å²) < 4.78 is 11.1. The van der Waals surface area contributed by atoms with Crippen LogP contribution in [0.3, 0.4) is 0 Å². The monoisotopic (exact) mass is 606 g/mol. The van der Waals surface area contributed by atoms with Gasteiger partial charge in [-0.3, -0.25) is 9.59 Å². The van der Waals surface area contributed by atoms with Crippen LogP contribution in [-0.2, 0) is 25.6 Å². The molecule has 236 valence electrons. The van der Waals surface area contributed by atoms with E-state index >= 15 is 0 Å². The number of Topliss-reactive ketones (excluding diaryl/α,β-unsaturated/α-hetero) is 1. The number of rotatable bonds is 4. The van der Waals surface area contributed by atoms with E-state index in [0.717, 1.165) is 30.4 Å². The summed E-state index contributed by atoms with van der Waals surface area (Å²) in [5.41, 5.74) is 0.772. The van der Waals surface area contributed by atoms with Gasteiger partial charge in [0.25, 0.3) is 0 Å². The molecule has 1 aromatic rings. The van der Waals surface area contributed by atoms with Gasteiger partial charge in [0.15, 0.2) is 0 Å². The lowest BCUT2D eigenvalue weighted by molar-refractivity contribution is -0.154. The molecule has 3 N–H and O–H groups in total. The number of nitrogens with zero attached hydrogens (tertiary/aromatic N) is 1. The van der Waals surface area contributed by atoms with Crippen LogP contribution in [0.2, 0.25) is 0 Å². The first kappa shape index (κ1) is 35.6. The van der Waals surface area contributed by atoms with E-state index in [4.69, 9.17) is 9.47 Å². The van der Waals surface area contributed by atoms with E-state index in [9.17, 15) is 24.6 Å². The largest absolute Gasteiger partial charge is 0.457 e. The van der Waals surface area contributed by atoms with Gasteiger partial charge in [-0.25, -0.2) is 9.78 Å². The van der Waals surface area contributed by atoms with Crippen LogP contribution in [0.1, 0.15) is 105 Å². The van der Waals surface area contributed by atoms with Crippen LogP contribution in [-0.4, -0.2) is 57.0 Å². The number of cyclic esters (lactones) is 1. The van der Waals surface area contributed by atoms with Crippen molar-refractivity contribution in [2.24, 2.45) is 17.3 Å². The Hall–Kier alpha value is -2.56. The molecule has 10 heteroatoms. The molecular formula is C32H50N2O7S. The summed E-state index contributed by atoms with van der Waals surface area (Å²) in [4.78, 5) is 42.8. The lowest BCUT2D eigenvalue weighted by Crippen LogP contribution is -2.45. The second-order valence-electron chi connectivity index (χ2n) is 13.1. The number of esters is 1. The van der Waals surface area contributed by atoms with Crippen LogP contribution in [0, 0.1) is 17.3 Å². The molecule has 0 spiro atoms. The molecule has 5 atom stereocenters.